The molecule has 0 radical (unpaired) electrons. The van der Waals surface area contributed by atoms with Gasteiger partial charge in [0.2, 0.25) is 5.91 Å². The van der Waals surface area contributed by atoms with Crippen LogP contribution in [0.5, 0.6) is 0 Å². The van der Waals surface area contributed by atoms with Crippen LogP contribution < -0.4 is 10.7 Å². The van der Waals surface area contributed by atoms with E-state index < -0.39 is 0 Å². The van der Waals surface area contributed by atoms with E-state index in [2.05, 4.69) is 52.0 Å². The van der Waals surface area contributed by atoms with Crippen molar-refractivity contribution in [2.24, 2.45) is 10.1 Å². The fourth-order valence-corrected chi connectivity index (χ4v) is 3.95. The molecule has 6 heteroatoms. The second kappa shape index (κ2) is 7.96. The maximum Gasteiger partial charge on any atom is 0.228 e. The zero-order chi connectivity index (χ0) is 18.6. The summed E-state index contributed by atoms with van der Waals surface area (Å²) < 4.78 is 0. The maximum absolute atomic E-state index is 11.5. The van der Waals surface area contributed by atoms with Gasteiger partial charge in [0.15, 0.2) is 5.17 Å². The number of thioether (sulfide) groups is 1. The number of unbranched alkanes of at least 4 members (excludes halogenated alkanes) is 1. The molecule has 0 fully saturated rings. The first-order valence-corrected chi connectivity index (χ1v) is 10.3. The van der Waals surface area contributed by atoms with Gasteiger partial charge in [-0.1, -0.05) is 43.3 Å². The predicted octanol–water partition coefficient (Wildman–Crippen LogP) is 4.25. The third-order valence-electron chi connectivity index (χ3n) is 4.68. The zero-order valence-electron chi connectivity index (χ0n) is 15.3. The summed E-state index contributed by atoms with van der Waals surface area (Å²) in [6, 6.07) is 14.4. The van der Waals surface area contributed by atoms with Gasteiger partial charge in [0.1, 0.15) is 0 Å². The number of rotatable bonds is 5. The molecule has 0 aliphatic carbocycles. The molecule has 0 bridgehead atoms. The van der Waals surface area contributed by atoms with Crippen molar-refractivity contribution in [1.29, 1.82) is 0 Å². The van der Waals surface area contributed by atoms with Gasteiger partial charge in [-0.15, -0.1) is 0 Å². The molecule has 2 N–H and O–H groups in total. The number of nitrogens with zero attached hydrogens (tertiary/aromatic N) is 2. The van der Waals surface area contributed by atoms with E-state index >= 15 is 0 Å². The highest BCUT2D eigenvalue weighted by molar-refractivity contribution is 8.14. The predicted molar refractivity (Wildman–Crippen MR) is 113 cm³/mol. The van der Waals surface area contributed by atoms with E-state index in [9.17, 15) is 4.79 Å². The molecule has 5 nitrogen and oxygen atoms in total. The van der Waals surface area contributed by atoms with Crippen LogP contribution in [-0.4, -0.2) is 22.5 Å². The molecule has 2 heterocycles. The lowest BCUT2D eigenvalue weighted by atomic mass is 10.1. The lowest BCUT2D eigenvalue weighted by Crippen LogP contribution is -2.25. The number of hydrazone groups is 1. The van der Waals surface area contributed by atoms with E-state index in [4.69, 9.17) is 0 Å². The molecule has 0 saturated carbocycles. The zero-order valence-corrected chi connectivity index (χ0v) is 16.1. The molecule has 27 heavy (non-hydrogen) atoms. The van der Waals surface area contributed by atoms with Crippen molar-refractivity contribution in [3.63, 3.8) is 0 Å². The largest absolute Gasteiger partial charge is 0.326 e. The SMILES string of the molecule is CCCCc1ccc(N=C2NN=C(c3ccc4c(c3)CC(=O)N4)CS2)cc1. The Labute approximate surface area is 163 Å². The van der Waals surface area contributed by atoms with Gasteiger partial charge in [-0.3, -0.25) is 10.2 Å². The first-order valence-electron chi connectivity index (χ1n) is 9.27. The first kappa shape index (κ1) is 17.8. The molecule has 2 aromatic rings. The van der Waals surface area contributed by atoms with Crippen LogP contribution in [0.1, 0.15) is 36.5 Å². The minimum absolute atomic E-state index is 0.0513. The smallest absolute Gasteiger partial charge is 0.228 e. The van der Waals surface area contributed by atoms with Crippen LogP contribution in [0.25, 0.3) is 0 Å². The minimum Gasteiger partial charge on any atom is -0.326 e. The Kier molecular flexibility index (Phi) is 5.25. The summed E-state index contributed by atoms with van der Waals surface area (Å²) in [6.45, 7) is 2.21. The number of amidine groups is 1. The van der Waals surface area contributed by atoms with Crippen molar-refractivity contribution >= 4 is 39.9 Å². The van der Waals surface area contributed by atoms with Gasteiger partial charge in [-0.05, 0) is 53.8 Å². The molecule has 0 unspecified atom stereocenters. The van der Waals surface area contributed by atoms with Crippen molar-refractivity contribution in [2.75, 3.05) is 11.1 Å². The second-order valence-electron chi connectivity index (χ2n) is 6.74. The van der Waals surface area contributed by atoms with Gasteiger partial charge < -0.3 is 5.32 Å². The van der Waals surface area contributed by atoms with E-state index in [0.717, 1.165) is 45.6 Å². The van der Waals surface area contributed by atoms with Gasteiger partial charge in [-0.25, -0.2) is 4.99 Å². The fourth-order valence-electron chi connectivity index (χ4n) is 3.17. The summed E-state index contributed by atoms with van der Waals surface area (Å²) in [4.78, 5) is 16.1. The van der Waals surface area contributed by atoms with Crippen molar-refractivity contribution in [2.45, 2.75) is 32.6 Å². The highest BCUT2D eigenvalue weighted by atomic mass is 32.2. The molecule has 2 aliphatic heterocycles. The average molecular weight is 379 g/mol. The van der Waals surface area contributed by atoms with E-state index in [-0.39, 0.29) is 5.91 Å². The number of aliphatic imine (C=N–C) groups is 1. The maximum atomic E-state index is 11.5. The topological polar surface area (TPSA) is 65.8 Å². The molecule has 4 rings (SSSR count). The van der Waals surface area contributed by atoms with Crippen LogP contribution in [0.2, 0.25) is 0 Å². The number of carbonyl (C=O) groups is 1. The van der Waals surface area contributed by atoms with E-state index in [1.54, 1.807) is 11.8 Å². The quantitative estimate of drug-likeness (QED) is 0.817. The third-order valence-corrected chi connectivity index (χ3v) is 5.56. The summed E-state index contributed by atoms with van der Waals surface area (Å²) in [5.41, 5.74) is 9.31. The van der Waals surface area contributed by atoms with Gasteiger partial charge in [-0.2, -0.15) is 5.10 Å². The van der Waals surface area contributed by atoms with Gasteiger partial charge in [0, 0.05) is 11.4 Å². The monoisotopic (exact) mass is 378 g/mol. The highest BCUT2D eigenvalue weighted by Crippen LogP contribution is 2.26. The van der Waals surface area contributed by atoms with Crippen LogP contribution >= 0.6 is 11.8 Å². The summed E-state index contributed by atoms with van der Waals surface area (Å²) in [5, 5.41) is 8.15. The van der Waals surface area contributed by atoms with E-state index in [1.807, 2.05) is 18.2 Å². The molecule has 0 saturated heterocycles. The van der Waals surface area contributed by atoms with Crippen LogP contribution in [0.4, 0.5) is 11.4 Å². The van der Waals surface area contributed by atoms with Crippen molar-refractivity contribution in [1.82, 2.24) is 5.43 Å². The minimum atomic E-state index is 0.0513. The van der Waals surface area contributed by atoms with Crippen molar-refractivity contribution in [3.8, 4) is 0 Å². The standard InChI is InChI=1S/C21H22N4OS/c1-2-3-4-14-5-8-17(9-6-14)22-21-25-24-19(13-27-21)15-7-10-18-16(11-15)12-20(26)23-18/h5-11H,2-4,12-13H2,1H3,(H,22,25)(H,23,26). The molecular weight excluding hydrogens is 356 g/mol. The molecule has 2 aromatic carbocycles. The molecule has 0 atom stereocenters. The number of nitrogens with one attached hydrogen (secondary N) is 2. The van der Waals surface area contributed by atoms with Crippen molar-refractivity contribution < 1.29 is 4.79 Å². The average Bonchev–Trinajstić information content (AvgIpc) is 3.07. The van der Waals surface area contributed by atoms with Gasteiger partial charge in [0.05, 0.1) is 17.8 Å². The Morgan fingerprint density at radius 3 is 2.78 bits per heavy atom. The Morgan fingerprint density at radius 2 is 2.04 bits per heavy atom. The first-order chi connectivity index (χ1) is 13.2. The summed E-state index contributed by atoms with van der Waals surface area (Å²) in [7, 11) is 0. The number of aryl methyl sites for hydroxylation is 1. The molecule has 0 spiro atoms. The molecule has 0 aromatic heterocycles. The van der Waals surface area contributed by atoms with Crippen LogP contribution in [0, 0.1) is 0 Å². The summed E-state index contributed by atoms with van der Waals surface area (Å²) in [6.07, 6.45) is 3.99. The number of anilines is 1. The lowest BCUT2D eigenvalue weighted by Gasteiger charge is -2.15. The van der Waals surface area contributed by atoms with Crippen molar-refractivity contribution in [3.05, 3.63) is 59.2 Å². The molecule has 138 valence electrons. The Hall–Kier alpha value is -2.60. The highest BCUT2D eigenvalue weighted by Gasteiger charge is 2.20. The molecule has 2 aliphatic rings. The summed E-state index contributed by atoms with van der Waals surface area (Å²) in [5.74, 6) is 0.802. The number of benzene rings is 2. The Bertz CT molecular complexity index is 918. The molecular formula is C21H22N4OS. The van der Waals surface area contributed by atoms with Crippen LogP contribution in [0.3, 0.4) is 0 Å². The number of hydrogen-bond donors (Lipinski definition) is 2. The Morgan fingerprint density at radius 1 is 1.19 bits per heavy atom. The lowest BCUT2D eigenvalue weighted by molar-refractivity contribution is -0.115. The summed E-state index contributed by atoms with van der Waals surface area (Å²) >= 11 is 1.64. The number of amides is 1. The Balaban J connectivity index is 1.43. The van der Waals surface area contributed by atoms with E-state index in [1.165, 1.54) is 18.4 Å². The van der Waals surface area contributed by atoms with Gasteiger partial charge in [0.25, 0.3) is 0 Å². The molecule has 1 amide bonds. The van der Waals surface area contributed by atoms with Crippen LogP contribution in [-0.2, 0) is 17.6 Å². The number of fused-ring (bicyclic) bond motifs is 1. The van der Waals surface area contributed by atoms with E-state index in [0.29, 0.717) is 6.42 Å². The number of carbonyl (C=O) groups excluding carboxylic acids is 1. The fraction of sp³-hybridized carbons (Fsp3) is 0.286. The normalized spacial score (nSPS) is 17.3. The number of hydrogen-bond acceptors (Lipinski definition) is 4. The third kappa shape index (κ3) is 4.22. The van der Waals surface area contributed by atoms with Gasteiger partial charge >= 0.3 is 0 Å². The van der Waals surface area contributed by atoms with Crippen LogP contribution in [0.15, 0.2) is 52.6 Å². The second-order valence-corrected chi connectivity index (χ2v) is 7.71.